The molecular weight excluding hydrogens is 683 g/mol. The smallest absolute Gasteiger partial charge is 0.195 e. The first kappa shape index (κ1) is 37.4. The van der Waals surface area contributed by atoms with Crippen molar-refractivity contribution < 1.29 is 4.79 Å². The van der Waals surface area contributed by atoms with Crippen molar-refractivity contribution in [2.24, 2.45) is 0 Å². The standard InChI is InChI=1S/C52H55N3O/c1-49(2,3)33-13-18-43-38(27-33)39-28-34(50(4,5)6)14-19-44(39)54(43)37-17-22-47(42(31-37)48(56)32-23-25-53-26-24-32)55-45-20-15-35(51(7,8)9)29-40(45)41-30-36(52(10,11)12)16-21-46(41)55/h13-31H,1-12H3. The molecule has 0 saturated carbocycles. The van der Waals surface area contributed by atoms with Crippen LogP contribution >= 0.6 is 0 Å². The summed E-state index contributed by atoms with van der Waals surface area (Å²) in [6.45, 7) is 27.2. The van der Waals surface area contributed by atoms with Crippen molar-refractivity contribution in [1.82, 2.24) is 14.1 Å². The summed E-state index contributed by atoms with van der Waals surface area (Å²) in [6.07, 6.45) is 3.40. The molecule has 3 heterocycles. The maximum atomic E-state index is 14.9. The predicted octanol–water partition coefficient (Wildman–Crippen LogP) is 13.7. The van der Waals surface area contributed by atoms with Crippen LogP contribution in [0, 0.1) is 0 Å². The summed E-state index contributed by atoms with van der Waals surface area (Å²) in [5.41, 5.74) is 12.6. The monoisotopic (exact) mass is 737 g/mol. The summed E-state index contributed by atoms with van der Waals surface area (Å²) in [7, 11) is 0. The number of hydrogen-bond donors (Lipinski definition) is 0. The minimum atomic E-state index is -0.0392. The highest BCUT2D eigenvalue weighted by atomic mass is 16.1. The maximum absolute atomic E-state index is 14.9. The molecule has 0 atom stereocenters. The lowest BCUT2D eigenvalue weighted by Crippen LogP contribution is -2.11. The lowest BCUT2D eigenvalue weighted by atomic mass is 9.85. The van der Waals surface area contributed by atoms with Crippen molar-refractivity contribution >= 4 is 49.4 Å². The van der Waals surface area contributed by atoms with E-state index >= 15 is 0 Å². The van der Waals surface area contributed by atoms with Crippen LogP contribution in [0.3, 0.4) is 0 Å². The van der Waals surface area contributed by atoms with Crippen molar-refractivity contribution in [3.63, 3.8) is 0 Å². The molecule has 5 aromatic carbocycles. The number of nitrogens with zero attached hydrogens (tertiary/aromatic N) is 3. The highest BCUT2D eigenvalue weighted by Crippen LogP contribution is 2.41. The number of aromatic nitrogens is 3. The van der Waals surface area contributed by atoms with Crippen LogP contribution in [0.4, 0.5) is 0 Å². The van der Waals surface area contributed by atoms with E-state index in [-0.39, 0.29) is 27.4 Å². The Morgan fingerprint density at radius 3 is 1.14 bits per heavy atom. The number of carbonyl (C=O) groups excluding carboxylic acids is 1. The molecule has 8 aromatic rings. The van der Waals surface area contributed by atoms with Gasteiger partial charge in [0.15, 0.2) is 5.78 Å². The van der Waals surface area contributed by atoms with E-state index in [1.165, 1.54) is 43.8 Å². The summed E-state index contributed by atoms with van der Waals surface area (Å²) in [5.74, 6) is -0.0392. The van der Waals surface area contributed by atoms with Gasteiger partial charge in [0.2, 0.25) is 0 Å². The molecule has 0 bridgehead atoms. The van der Waals surface area contributed by atoms with E-state index in [1.54, 1.807) is 12.4 Å². The Labute approximate surface area is 332 Å². The van der Waals surface area contributed by atoms with Gasteiger partial charge in [0.05, 0.1) is 27.8 Å². The third kappa shape index (κ3) is 6.33. The first-order valence-corrected chi connectivity index (χ1v) is 20.0. The second-order valence-corrected chi connectivity index (χ2v) is 19.9. The van der Waals surface area contributed by atoms with Gasteiger partial charge in [-0.05, 0) is 123 Å². The fraction of sp³-hybridized carbons (Fsp3) is 0.308. The molecule has 4 nitrogen and oxygen atoms in total. The number of benzene rings is 5. The van der Waals surface area contributed by atoms with E-state index in [2.05, 4.69) is 188 Å². The van der Waals surface area contributed by atoms with Crippen molar-refractivity contribution in [2.75, 3.05) is 0 Å². The summed E-state index contributed by atoms with van der Waals surface area (Å²) in [5, 5.41) is 4.82. The molecule has 0 amide bonds. The maximum Gasteiger partial charge on any atom is 0.195 e. The Morgan fingerprint density at radius 2 is 0.786 bits per heavy atom. The Hall–Kier alpha value is -5.48. The average molecular weight is 738 g/mol. The molecule has 3 aromatic heterocycles. The van der Waals surface area contributed by atoms with Crippen LogP contribution in [0.5, 0.6) is 0 Å². The normalized spacial score (nSPS) is 13.1. The van der Waals surface area contributed by atoms with Crippen LogP contribution < -0.4 is 0 Å². The Kier molecular flexibility index (Phi) is 8.54. The van der Waals surface area contributed by atoms with Crippen LogP contribution in [-0.4, -0.2) is 19.9 Å². The van der Waals surface area contributed by atoms with Gasteiger partial charge in [-0.3, -0.25) is 9.78 Å². The second kappa shape index (κ2) is 12.8. The number of pyridine rings is 1. The third-order valence-electron chi connectivity index (χ3n) is 11.7. The van der Waals surface area contributed by atoms with Gasteiger partial charge in [-0.25, -0.2) is 0 Å². The zero-order valence-corrected chi connectivity index (χ0v) is 35.2. The molecular formula is C52H55N3O. The van der Waals surface area contributed by atoms with Crippen LogP contribution in [0.1, 0.15) is 121 Å². The van der Waals surface area contributed by atoms with Crippen LogP contribution in [0.2, 0.25) is 0 Å². The molecule has 0 radical (unpaired) electrons. The first-order chi connectivity index (χ1) is 26.2. The number of fused-ring (bicyclic) bond motifs is 6. The van der Waals surface area contributed by atoms with Crippen LogP contribution in [-0.2, 0) is 21.7 Å². The zero-order chi connectivity index (χ0) is 40.1. The highest BCUT2D eigenvalue weighted by molar-refractivity contribution is 6.15. The number of ketones is 1. The van der Waals surface area contributed by atoms with E-state index in [9.17, 15) is 4.79 Å². The van der Waals surface area contributed by atoms with Crippen molar-refractivity contribution in [2.45, 2.75) is 105 Å². The van der Waals surface area contributed by atoms with Gasteiger partial charge >= 0.3 is 0 Å². The predicted molar refractivity (Wildman–Crippen MR) is 238 cm³/mol. The van der Waals surface area contributed by atoms with Gasteiger partial charge in [0.25, 0.3) is 0 Å². The molecule has 0 fully saturated rings. The lowest BCUT2D eigenvalue weighted by molar-refractivity contribution is 0.103. The van der Waals surface area contributed by atoms with Gasteiger partial charge in [-0.1, -0.05) is 107 Å². The molecule has 0 unspecified atom stereocenters. The fourth-order valence-corrected chi connectivity index (χ4v) is 8.15. The van der Waals surface area contributed by atoms with E-state index in [4.69, 9.17) is 0 Å². The minimum absolute atomic E-state index is 0.000366. The number of hydrogen-bond acceptors (Lipinski definition) is 2. The molecule has 0 saturated heterocycles. The third-order valence-corrected chi connectivity index (χ3v) is 11.7. The molecule has 0 N–H and O–H groups in total. The number of rotatable bonds is 4. The summed E-state index contributed by atoms with van der Waals surface area (Å²) in [6, 6.07) is 37.6. The van der Waals surface area contributed by atoms with Crippen molar-refractivity contribution in [1.29, 1.82) is 0 Å². The first-order valence-electron chi connectivity index (χ1n) is 20.0. The number of carbonyl (C=O) groups is 1. The minimum Gasteiger partial charge on any atom is -0.309 e. The van der Waals surface area contributed by atoms with E-state index in [1.807, 2.05) is 12.1 Å². The SMILES string of the molecule is CC(C)(C)c1ccc2c(c1)c1cc(C(C)(C)C)ccc1n2-c1ccc(-n2c3ccc(C(C)(C)C)cc3c3cc(C(C)(C)C)ccc32)c(C(=O)c2ccncc2)c1. The van der Waals surface area contributed by atoms with Gasteiger partial charge in [-0.2, -0.15) is 0 Å². The van der Waals surface area contributed by atoms with Crippen LogP contribution in [0.15, 0.2) is 116 Å². The fourth-order valence-electron chi connectivity index (χ4n) is 8.15. The molecule has 0 aliphatic rings. The van der Waals surface area contributed by atoms with Gasteiger partial charge in [0, 0.05) is 50.8 Å². The van der Waals surface area contributed by atoms with Gasteiger partial charge < -0.3 is 9.13 Å². The van der Waals surface area contributed by atoms with Crippen molar-refractivity contribution in [3.8, 4) is 11.4 Å². The van der Waals surface area contributed by atoms with Gasteiger partial charge in [0.1, 0.15) is 0 Å². The largest absolute Gasteiger partial charge is 0.309 e. The second-order valence-electron chi connectivity index (χ2n) is 19.9. The topological polar surface area (TPSA) is 39.8 Å². The summed E-state index contributed by atoms with van der Waals surface area (Å²) < 4.78 is 4.65. The van der Waals surface area contributed by atoms with E-state index < -0.39 is 0 Å². The molecule has 0 aliphatic heterocycles. The molecule has 0 spiro atoms. The molecule has 8 rings (SSSR count). The lowest BCUT2D eigenvalue weighted by Gasteiger charge is -2.20. The Morgan fingerprint density at radius 1 is 0.429 bits per heavy atom. The summed E-state index contributed by atoms with van der Waals surface area (Å²) in [4.78, 5) is 19.2. The average Bonchev–Trinajstić information content (AvgIpc) is 3.64. The molecule has 284 valence electrons. The highest BCUT2D eigenvalue weighted by Gasteiger charge is 2.26. The van der Waals surface area contributed by atoms with E-state index in [0.29, 0.717) is 11.1 Å². The molecule has 56 heavy (non-hydrogen) atoms. The van der Waals surface area contributed by atoms with Crippen LogP contribution in [0.25, 0.3) is 55.0 Å². The van der Waals surface area contributed by atoms with Crippen molar-refractivity contribution in [3.05, 3.63) is 149 Å². The summed E-state index contributed by atoms with van der Waals surface area (Å²) >= 11 is 0. The molecule has 4 heteroatoms. The zero-order valence-electron chi connectivity index (χ0n) is 35.2. The Bertz CT molecular complexity index is 2700. The quantitative estimate of drug-likeness (QED) is 0.169. The molecule has 0 aliphatic carbocycles. The van der Waals surface area contributed by atoms with Gasteiger partial charge in [-0.15, -0.1) is 0 Å². The Balaban J connectivity index is 1.45. The van der Waals surface area contributed by atoms with E-state index in [0.717, 1.165) is 33.4 Å².